The van der Waals surface area contributed by atoms with E-state index in [4.69, 9.17) is 5.11 Å². The van der Waals surface area contributed by atoms with Crippen molar-refractivity contribution in [1.29, 1.82) is 0 Å². The van der Waals surface area contributed by atoms with E-state index < -0.39 is 12.1 Å². The van der Waals surface area contributed by atoms with Gasteiger partial charge in [0.2, 0.25) is 0 Å². The summed E-state index contributed by atoms with van der Waals surface area (Å²) >= 11 is 0. The summed E-state index contributed by atoms with van der Waals surface area (Å²) in [6, 6.07) is 0. The molecule has 0 aliphatic rings. The smallest absolute Gasteiger partial charge is 1.00 e. The van der Waals surface area contributed by atoms with Crippen molar-refractivity contribution in [2.45, 2.75) is 13.0 Å². The van der Waals surface area contributed by atoms with Gasteiger partial charge in [-0.05, 0) is 6.92 Å². The first-order valence-corrected chi connectivity index (χ1v) is 1.53. The number of aliphatic carboxylic acids is 1. The van der Waals surface area contributed by atoms with Gasteiger partial charge in [-0.15, -0.1) is 0 Å². The third-order valence-corrected chi connectivity index (χ3v) is 0.341. The number of carboxylic acids is 1. The molecule has 3 nitrogen and oxygen atoms in total. The van der Waals surface area contributed by atoms with Gasteiger partial charge in [0.1, 0.15) is 0 Å². The Kier molecular flexibility index (Phi) is 32.5. The number of hydrogen-bond acceptors (Lipinski definition) is 3. The molecule has 0 radical (unpaired) electrons. The van der Waals surface area contributed by atoms with Crippen molar-refractivity contribution in [3.63, 3.8) is 0 Å². The summed E-state index contributed by atoms with van der Waals surface area (Å²) in [5, 5.41) is 17.3. The van der Waals surface area contributed by atoms with Crippen LogP contribution in [0, 0.1) is 0 Å². The molecule has 0 aliphatic carbocycles. The number of halogens is 1. The normalized spacial score (nSPS) is 9.11. The zero-order valence-electron chi connectivity index (χ0n) is 5.72. The molecule has 0 aliphatic heterocycles. The maximum Gasteiger partial charge on any atom is 1.00 e. The van der Waals surface area contributed by atoms with Gasteiger partial charge in [0.15, 0.2) is 0 Å². The molecular formula is C3H5ClKNaO3. The Morgan fingerprint density at radius 1 is 1.67 bits per heavy atom. The predicted octanol–water partition coefficient (Wildman–Crippen LogP) is -10.9. The molecule has 0 aromatic rings. The minimum atomic E-state index is -1.44. The van der Waals surface area contributed by atoms with E-state index in [1.165, 1.54) is 0 Å². The first-order chi connectivity index (χ1) is 2.64. The molecule has 0 rings (SSSR count). The molecule has 0 saturated carbocycles. The summed E-state index contributed by atoms with van der Waals surface area (Å²) in [5.74, 6) is -1.44. The SMILES string of the molecule is CC(O)C(=O)[O-].[Cl-].[K+].[Na+]. The van der Waals surface area contributed by atoms with Crippen LogP contribution in [-0.2, 0) is 4.79 Å². The van der Waals surface area contributed by atoms with E-state index in [1.807, 2.05) is 0 Å². The molecule has 0 aromatic heterocycles. The van der Waals surface area contributed by atoms with Crippen molar-refractivity contribution in [1.82, 2.24) is 0 Å². The quantitative estimate of drug-likeness (QED) is 0.414. The Labute approximate surface area is 125 Å². The number of carbonyl (C=O) groups excluding carboxylic acids is 1. The monoisotopic (exact) mass is 186 g/mol. The molecule has 0 bridgehead atoms. The molecule has 0 amide bonds. The molecule has 0 saturated heterocycles. The van der Waals surface area contributed by atoms with Crippen LogP contribution in [0.2, 0.25) is 0 Å². The number of carbonyl (C=O) groups is 1. The molecule has 1 atom stereocenters. The van der Waals surface area contributed by atoms with Crippen molar-refractivity contribution in [3.8, 4) is 0 Å². The third kappa shape index (κ3) is 17.9. The van der Waals surface area contributed by atoms with Gasteiger partial charge in [-0.25, -0.2) is 0 Å². The molecule has 9 heavy (non-hydrogen) atoms. The van der Waals surface area contributed by atoms with Crippen molar-refractivity contribution in [2.24, 2.45) is 0 Å². The van der Waals surface area contributed by atoms with Crippen molar-refractivity contribution in [2.75, 3.05) is 0 Å². The second kappa shape index (κ2) is 13.0. The van der Waals surface area contributed by atoms with E-state index in [2.05, 4.69) is 0 Å². The summed E-state index contributed by atoms with van der Waals surface area (Å²) in [6.45, 7) is 1.13. The van der Waals surface area contributed by atoms with Gasteiger partial charge < -0.3 is 27.4 Å². The first kappa shape index (κ1) is 22.5. The van der Waals surface area contributed by atoms with Crippen molar-refractivity contribution >= 4 is 5.97 Å². The number of carboxylic acid groups (broad SMARTS) is 1. The summed E-state index contributed by atoms with van der Waals surface area (Å²) in [5.41, 5.74) is 0. The van der Waals surface area contributed by atoms with Gasteiger partial charge in [-0.1, -0.05) is 0 Å². The molecule has 0 spiro atoms. The van der Waals surface area contributed by atoms with Gasteiger partial charge in [-0.3, -0.25) is 0 Å². The molecule has 1 unspecified atom stereocenters. The fourth-order valence-electron chi connectivity index (χ4n) is 0. The van der Waals surface area contributed by atoms with Gasteiger partial charge >= 0.3 is 80.9 Å². The molecule has 6 heteroatoms. The zero-order valence-corrected chi connectivity index (χ0v) is 11.6. The van der Waals surface area contributed by atoms with E-state index >= 15 is 0 Å². The van der Waals surface area contributed by atoms with E-state index in [9.17, 15) is 9.90 Å². The van der Waals surface area contributed by atoms with E-state index in [0.717, 1.165) is 6.92 Å². The number of rotatable bonds is 1. The number of aliphatic hydroxyl groups is 1. The van der Waals surface area contributed by atoms with Crippen LogP contribution in [0.5, 0.6) is 0 Å². The molecule has 44 valence electrons. The second-order valence-corrected chi connectivity index (χ2v) is 0.995. The number of hydrogen-bond donors (Lipinski definition) is 1. The average molecular weight is 187 g/mol. The maximum absolute atomic E-state index is 9.34. The Morgan fingerprint density at radius 2 is 1.78 bits per heavy atom. The van der Waals surface area contributed by atoms with Crippen LogP contribution in [0.1, 0.15) is 6.92 Å². The van der Waals surface area contributed by atoms with Crippen LogP contribution in [0.15, 0.2) is 0 Å². The first-order valence-electron chi connectivity index (χ1n) is 1.53. The maximum atomic E-state index is 9.34. The summed E-state index contributed by atoms with van der Waals surface area (Å²) in [7, 11) is 0. The molecular weight excluding hydrogens is 182 g/mol. The van der Waals surface area contributed by atoms with Crippen molar-refractivity contribution < 1.29 is 108 Å². The van der Waals surface area contributed by atoms with E-state index in [-0.39, 0.29) is 93.3 Å². The summed E-state index contributed by atoms with van der Waals surface area (Å²) in [4.78, 5) is 9.34. The Hall–Kier alpha value is 2.36. The van der Waals surface area contributed by atoms with Gasteiger partial charge in [0, 0.05) is 0 Å². The number of aliphatic hydroxyl groups excluding tert-OH is 1. The third-order valence-electron chi connectivity index (χ3n) is 0.341. The van der Waals surface area contributed by atoms with Crippen LogP contribution >= 0.6 is 0 Å². The molecule has 1 N–H and O–H groups in total. The Morgan fingerprint density at radius 3 is 1.78 bits per heavy atom. The Bertz CT molecular complexity index is 70.1. The minimum absolute atomic E-state index is 0. The van der Waals surface area contributed by atoms with Crippen molar-refractivity contribution in [3.05, 3.63) is 0 Å². The van der Waals surface area contributed by atoms with Crippen LogP contribution in [0.3, 0.4) is 0 Å². The molecule has 0 aromatic carbocycles. The second-order valence-electron chi connectivity index (χ2n) is 0.995. The summed E-state index contributed by atoms with van der Waals surface area (Å²) < 4.78 is 0. The van der Waals surface area contributed by atoms with Crippen LogP contribution < -0.4 is 98.5 Å². The van der Waals surface area contributed by atoms with Crippen LogP contribution in [0.25, 0.3) is 0 Å². The summed E-state index contributed by atoms with van der Waals surface area (Å²) in [6.07, 6.45) is -1.34. The largest absolute Gasteiger partial charge is 1.00 e. The van der Waals surface area contributed by atoms with E-state index in [0.29, 0.717) is 0 Å². The predicted molar refractivity (Wildman–Crippen MR) is 16.7 cm³/mol. The van der Waals surface area contributed by atoms with E-state index in [1.54, 1.807) is 0 Å². The fourth-order valence-corrected chi connectivity index (χ4v) is 0. The zero-order chi connectivity index (χ0) is 5.15. The Balaban J connectivity index is -0.0000000417. The topological polar surface area (TPSA) is 60.4 Å². The van der Waals surface area contributed by atoms with Crippen LogP contribution in [0.4, 0.5) is 0 Å². The molecule has 0 fully saturated rings. The average Bonchev–Trinajstić information content (AvgIpc) is 1.36. The van der Waals surface area contributed by atoms with Gasteiger partial charge in [0.05, 0.1) is 12.1 Å². The molecule has 0 heterocycles. The standard InChI is InChI=1S/C3H6O3.ClH.K.Na/c1-2(4)3(5)6;;;/h2,4H,1H3,(H,5,6);1H;;/q;;2*+1/p-2. The van der Waals surface area contributed by atoms with Crippen LogP contribution in [-0.4, -0.2) is 17.2 Å². The minimum Gasteiger partial charge on any atom is -1.00 e. The fraction of sp³-hybridized carbons (Fsp3) is 0.667. The van der Waals surface area contributed by atoms with Gasteiger partial charge in [0.25, 0.3) is 0 Å². The van der Waals surface area contributed by atoms with Gasteiger partial charge in [-0.2, -0.15) is 0 Å².